The number of halogens is 1. The van der Waals surface area contributed by atoms with Crippen LogP contribution in [-0.4, -0.2) is 60.9 Å². The first kappa shape index (κ1) is 21.5. The van der Waals surface area contributed by atoms with Crippen LogP contribution >= 0.6 is 0 Å². The van der Waals surface area contributed by atoms with E-state index < -0.39 is 23.5 Å². The standard InChI is InChI=1S/C23H25FN2O4/c1-14-13-17(30-4)9-10-18(14)21(27)19-20(15-5-7-16(24)8-6-15)26(12-11-25(2)3)23(29)22(19)28/h5-10,13,20,27H,11-12H2,1-4H3/b21-19+/t20-/m0/s1. The topological polar surface area (TPSA) is 70.1 Å². The lowest BCUT2D eigenvalue weighted by Gasteiger charge is -2.26. The quantitative estimate of drug-likeness (QED) is 0.449. The van der Waals surface area contributed by atoms with Gasteiger partial charge < -0.3 is 19.6 Å². The number of methoxy groups -OCH3 is 1. The lowest BCUT2D eigenvalue weighted by molar-refractivity contribution is -0.140. The van der Waals surface area contributed by atoms with Gasteiger partial charge in [0.15, 0.2) is 0 Å². The van der Waals surface area contributed by atoms with Crippen LogP contribution in [-0.2, 0) is 9.59 Å². The maximum absolute atomic E-state index is 13.5. The number of hydrogen-bond donors (Lipinski definition) is 1. The molecule has 1 N–H and O–H groups in total. The van der Waals surface area contributed by atoms with Gasteiger partial charge in [-0.3, -0.25) is 9.59 Å². The second kappa shape index (κ2) is 8.67. The molecule has 0 saturated carbocycles. The number of likely N-dealkylation sites (tertiary alicyclic amines) is 1. The molecule has 0 spiro atoms. The molecule has 0 aromatic heterocycles. The van der Waals surface area contributed by atoms with Crippen molar-refractivity contribution in [3.05, 3.63) is 70.5 Å². The van der Waals surface area contributed by atoms with E-state index in [9.17, 15) is 19.1 Å². The molecule has 3 rings (SSSR count). The summed E-state index contributed by atoms with van der Waals surface area (Å²) in [5.41, 5.74) is 1.69. The Bertz CT molecular complexity index is 999. The van der Waals surface area contributed by atoms with Crippen molar-refractivity contribution in [3.8, 4) is 5.75 Å². The Labute approximate surface area is 175 Å². The molecule has 1 amide bonds. The molecule has 0 bridgehead atoms. The second-order valence-electron chi connectivity index (χ2n) is 7.53. The van der Waals surface area contributed by atoms with Crippen LogP contribution in [0.2, 0.25) is 0 Å². The lowest BCUT2D eigenvalue weighted by atomic mass is 9.94. The van der Waals surface area contributed by atoms with Crippen LogP contribution in [0.4, 0.5) is 4.39 Å². The summed E-state index contributed by atoms with van der Waals surface area (Å²) < 4.78 is 18.7. The van der Waals surface area contributed by atoms with E-state index in [0.29, 0.717) is 29.0 Å². The van der Waals surface area contributed by atoms with Gasteiger partial charge in [-0.2, -0.15) is 0 Å². The molecule has 6 nitrogen and oxygen atoms in total. The number of aliphatic hydroxyl groups is 1. The first-order valence-electron chi connectivity index (χ1n) is 9.58. The molecule has 1 atom stereocenters. The predicted molar refractivity (Wildman–Crippen MR) is 112 cm³/mol. The fourth-order valence-corrected chi connectivity index (χ4v) is 3.58. The zero-order chi connectivity index (χ0) is 22.0. The first-order valence-corrected chi connectivity index (χ1v) is 9.58. The third-order valence-corrected chi connectivity index (χ3v) is 5.20. The fraction of sp³-hybridized carbons (Fsp3) is 0.304. The van der Waals surface area contributed by atoms with Crippen LogP contribution < -0.4 is 4.74 Å². The van der Waals surface area contributed by atoms with Crippen LogP contribution in [0.15, 0.2) is 48.0 Å². The van der Waals surface area contributed by atoms with E-state index >= 15 is 0 Å². The maximum atomic E-state index is 13.5. The van der Waals surface area contributed by atoms with Crippen molar-refractivity contribution < 1.29 is 23.8 Å². The minimum absolute atomic E-state index is 0.00127. The van der Waals surface area contributed by atoms with Crippen LogP contribution in [0.25, 0.3) is 5.76 Å². The SMILES string of the molecule is COc1ccc(/C(O)=C2\C(=O)C(=O)N(CCN(C)C)[C@H]2c2ccc(F)cc2)c(C)c1. The largest absolute Gasteiger partial charge is 0.507 e. The summed E-state index contributed by atoms with van der Waals surface area (Å²) >= 11 is 0. The van der Waals surface area contributed by atoms with E-state index in [2.05, 4.69) is 0 Å². The number of ether oxygens (including phenoxy) is 1. The molecule has 30 heavy (non-hydrogen) atoms. The number of amides is 1. The molecule has 1 heterocycles. The summed E-state index contributed by atoms with van der Waals surface area (Å²) in [6.45, 7) is 2.61. The van der Waals surface area contributed by atoms with E-state index in [0.717, 1.165) is 0 Å². The van der Waals surface area contributed by atoms with Gasteiger partial charge in [-0.25, -0.2) is 4.39 Å². The van der Waals surface area contributed by atoms with Gasteiger partial charge in [0.2, 0.25) is 0 Å². The Morgan fingerprint density at radius 3 is 2.40 bits per heavy atom. The van der Waals surface area contributed by atoms with Crippen LogP contribution in [0.1, 0.15) is 22.7 Å². The van der Waals surface area contributed by atoms with Gasteiger partial charge in [-0.05, 0) is 62.5 Å². The summed E-state index contributed by atoms with van der Waals surface area (Å²) in [6.07, 6.45) is 0. The highest BCUT2D eigenvalue weighted by Crippen LogP contribution is 2.40. The number of rotatable bonds is 6. The fourth-order valence-electron chi connectivity index (χ4n) is 3.58. The average Bonchev–Trinajstić information content (AvgIpc) is 2.96. The van der Waals surface area contributed by atoms with Gasteiger partial charge in [0.05, 0.1) is 18.7 Å². The lowest BCUT2D eigenvalue weighted by Crippen LogP contribution is -2.35. The number of benzene rings is 2. The average molecular weight is 412 g/mol. The van der Waals surface area contributed by atoms with Gasteiger partial charge in [0, 0.05) is 18.7 Å². The highest BCUT2D eigenvalue weighted by atomic mass is 19.1. The van der Waals surface area contributed by atoms with E-state index in [1.807, 2.05) is 19.0 Å². The monoisotopic (exact) mass is 412 g/mol. The molecular formula is C23H25FN2O4. The number of carbonyl (C=O) groups is 2. The molecule has 1 aliphatic rings. The molecule has 158 valence electrons. The van der Waals surface area contributed by atoms with Gasteiger partial charge >= 0.3 is 0 Å². The Morgan fingerprint density at radius 1 is 1.17 bits per heavy atom. The summed E-state index contributed by atoms with van der Waals surface area (Å²) in [6, 6.07) is 9.89. The number of ketones is 1. The number of Topliss-reactive ketones (excluding diaryl/α,β-unsaturated/α-hetero) is 1. The summed E-state index contributed by atoms with van der Waals surface area (Å²) in [7, 11) is 5.27. The number of nitrogens with zero attached hydrogens (tertiary/aromatic N) is 2. The zero-order valence-electron chi connectivity index (χ0n) is 17.5. The Kier molecular flexibility index (Phi) is 6.22. The van der Waals surface area contributed by atoms with Crippen LogP contribution in [0, 0.1) is 12.7 Å². The smallest absolute Gasteiger partial charge is 0.295 e. The van der Waals surface area contributed by atoms with Gasteiger partial charge in [0.1, 0.15) is 17.3 Å². The molecule has 2 aromatic carbocycles. The van der Waals surface area contributed by atoms with E-state index in [4.69, 9.17) is 4.74 Å². The number of likely N-dealkylation sites (N-methyl/N-ethyl adjacent to an activating group) is 1. The first-order chi connectivity index (χ1) is 14.2. The molecule has 0 unspecified atom stereocenters. The highest BCUT2D eigenvalue weighted by molar-refractivity contribution is 6.46. The number of carbonyl (C=O) groups excluding carboxylic acids is 2. The number of aliphatic hydroxyl groups excluding tert-OH is 1. The molecule has 2 aromatic rings. The summed E-state index contributed by atoms with van der Waals surface area (Å²) in [5, 5.41) is 11.1. The van der Waals surface area contributed by atoms with Gasteiger partial charge in [-0.15, -0.1) is 0 Å². The molecule has 7 heteroatoms. The van der Waals surface area contributed by atoms with Gasteiger partial charge in [-0.1, -0.05) is 12.1 Å². The molecule has 1 saturated heterocycles. The van der Waals surface area contributed by atoms with Crippen molar-refractivity contribution >= 4 is 17.4 Å². The molecule has 1 aliphatic heterocycles. The van der Waals surface area contributed by atoms with E-state index in [-0.39, 0.29) is 17.9 Å². The minimum atomic E-state index is -0.799. The summed E-state index contributed by atoms with van der Waals surface area (Å²) in [5.74, 6) is -1.49. The molecular weight excluding hydrogens is 387 g/mol. The molecule has 1 fully saturated rings. The normalized spacial score (nSPS) is 18.3. The van der Waals surface area contributed by atoms with Crippen molar-refractivity contribution in [1.82, 2.24) is 9.80 Å². The zero-order valence-corrected chi connectivity index (χ0v) is 17.5. The third-order valence-electron chi connectivity index (χ3n) is 5.20. The third kappa shape index (κ3) is 4.07. The van der Waals surface area contributed by atoms with E-state index in [1.54, 1.807) is 32.2 Å². The number of hydrogen-bond acceptors (Lipinski definition) is 5. The highest BCUT2D eigenvalue weighted by Gasteiger charge is 2.46. The second-order valence-corrected chi connectivity index (χ2v) is 7.53. The van der Waals surface area contributed by atoms with Crippen molar-refractivity contribution in [2.75, 3.05) is 34.3 Å². The van der Waals surface area contributed by atoms with E-state index in [1.165, 1.54) is 29.2 Å². The summed E-state index contributed by atoms with van der Waals surface area (Å²) in [4.78, 5) is 29.1. The van der Waals surface area contributed by atoms with Crippen molar-refractivity contribution in [3.63, 3.8) is 0 Å². The van der Waals surface area contributed by atoms with Gasteiger partial charge in [0.25, 0.3) is 11.7 Å². The van der Waals surface area contributed by atoms with Crippen molar-refractivity contribution in [2.45, 2.75) is 13.0 Å². The Morgan fingerprint density at radius 2 is 1.83 bits per heavy atom. The number of aryl methyl sites for hydroxylation is 1. The molecule has 0 radical (unpaired) electrons. The Hall–Kier alpha value is -3.19. The van der Waals surface area contributed by atoms with Crippen LogP contribution in [0.5, 0.6) is 5.75 Å². The van der Waals surface area contributed by atoms with Crippen LogP contribution in [0.3, 0.4) is 0 Å². The minimum Gasteiger partial charge on any atom is -0.507 e. The predicted octanol–water partition coefficient (Wildman–Crippen LogP) is 3.13. The maximum Gasteiger partial charge on any atom is 0.295 e. The Balaban J connectivity index is 2.16. The molecule has 0 aliphatic carbocycles. The van der Waals surface area contributed by atoms with Crippen molar-refractivity contribution in [2.24, 2.45) is 0 Å². The van der Waals surface area contributed by atoms with Crippen molar-refractivity contribution in [1.29, 1.82) is 0 Å².